The molecule has 0 bridgehead atoms. The predicted molar refractivity (Wildman–Crippen MR) is 122 cm³/mol. The number of aliphatic imine (C=N–C) groups is 1. The van der Waals surface area contributed by atoms with Crippen LogP contribution in [0.3, 0.4) is 0 Å². The lowest BCUT2D eigenvalue weighted by molar-refractivity contribution is -0.136. The van der Waals surface area contributed by atoms with Crippen LogP contribution in [-0.4, -0.2) is 42.9 Å². The fourth-order valence-electron chi connectivity index (χ4n) is 4.74. The average molecular weight is 459 g/mol. The maximum Gasteiger partial charge on any atom is 0.338 e. The first kappa shape index (κ1) is 24.8. The van der Waals surface area contributed by atoms with Crippen LogP contribution in [0.5, 0.6) is 0 Å². The van der Waals surface area contributed by atoms with Crippen molar-refractivity contribution in [2.45, 2.75) is 64.5 Å². The number of carbonyl (C=O) groups excluding carboxylic acids is 1. The summed E-state index contributed by atoms with van der Waals surface area (Å²) in [5.41, 5.74) is 1.33. The van der Waals surface area contributed by atoms with E-state index in [4.69, 9.17) is 10.00 Å². The highest BCUT2D eigenvalue weighted by Crippen LogP contribution is 2.36. The summed E-state index contributed by atoms with van der Waals surface area (Å²) in [4.78, 5) is 19.1. The molecule has 1 aromatic carbocycles. The molecule has 8 heteroatoms. The van der Waals surface area contributed by atoms with Crippen LogP contribution in [0, 0.1) is 28.9 Å². The van der Waals surface area contributed by atoms with Crippen molar-refractivity contribution in [2.24, 2.45) is 10.9 Å². The van der Waals surface area contributed by atoms with Crippen LogP contribution < -0.4 is 5.32 Å². The van der Waals surface area contributed by atoms with Crippen LogP contribution in [-0.2, 0) is 9.53 Å². The highest BCUT2D eigenvalue weighted by molar-refractivity contribution is 5.95. The maximum atomic E-state index is 14.1. The predicted octanol–water partition coefficient (Wildman–Crippen LogP) is 4.64. The Morgan fingerprint density at radius 2 is 1.94 bits per heavy atom. The minimum atomic E-state index is -0.954. The molecule has 0 amide bonds. The van der Waals surface area contributed by atoms with Gasteiger partial charge in [-0.3, -0.25) is 0 Å². The molecule has 0 aromatic heterocycles. The fourth-order valence-corrected chi connectivity index (χ4v) is 4.74. The normalized spacial score (nSPS) is 23.2. The molecule has 33 heavy (non-hydrogen) atoms. The van der Waals surface area contributed by atoms with E-state index in [0.717, 1.165) is 63.0 Å². The van der Waals surface area contributed by atoms with Crippen LogP contribution in [0.4, 0.5) is 8.78 Å². The lowest BCUT2D eigenvalue weighted by Gasteiger charge is -2.38. The Kier molecular flexibility index (Phi) is 8.56. The number of nitrogens with one attached hydrogen (secondary N) is 1. The highest BCUT2D eigenvalue weighted by atomic mass is 19.2. The summed E-state index contributed by atoms with van der Waals surface area (Å²) in [6.45, 7) is 5.05. The Bertz CT molecular complexity index is 962. The van der Waals surface area contributed by atoms with Crippen molar-refractivity contribution < 1.29 is 18.3 Å². The van der Waals surface area contributed by atoms with Gasteiger partial charge in [0.05, 0.1) is 30.5 Å². The van der Waals surface area contributed by atoms with Crippen LogP contribution in [0.1, 0.15) is 64.0 Å². The molecule has 1 saturated carbocycles. The SMILES string of the molecule is COC(=O)C1=C(C)N=C(C)N(CCCCNC2CCC(C#N)CC2)C1c1ccc(F)c(F)c1. The smallest absolute Gasteiger partial charge is 0.338 e. The molecule has 0 spiro atoms. The van der Waals surface area contributed by atoms with Gasteiger partial charge in [-0.2, -0.15) is 5.26 Å². The van der Waals surface area contributed by atoms with E-state index in [1.165, 1.54) is 13.2 Å². The van der Waals surface area contributed by atoms with Crippen molar-refractivity contribution in [1.29, 1.82) is 5.26 Å². The third-order valence-electron chi connectivity index (χ3n) is 6.55. The van der Waals surface area contributed by atoms with E-state index in [-0.39, 0.29) is 5.92 Å². The number of nitriles is 1. The molecular formula is C25H32F2N4O2. The van der Waals surface area contributed by atoms with E-state index < -0.39 is 23.6 Å². The summed E-state index contributed by atoms with van der Waals surface area (Å²) in [5.74, 6) is -1.50. The maximum absolute atomic E-state index is 14.1. The van der Waals surface area contributed by atoms with Gasteiger partial charge in [0.25, 0.3) is 0 Å². The number of esters is 1. The van der Waals surface area contributed by atoms with Gasteiger partial charge in [0.15, 0.2) is 11.6 Å². The molecule has 1 aliphatic carbocycles. The summed E-state index contributed by atoms with van der Waals surface area (Å²) in [5, 5.41) is 12.6. The van der Waals surface area contributed by atoms with E-state index in [1.807, 2.05) is 11.8 Å². The van der Waals surface area contributed by atoms with Gasteiger partial charge in [-0.05, 0) is 76.6 Å². The molecule has 1 aromatic rings. The average Bonchev–Trinajstić information content (AvgIpc) is 2.81. The number of carbonyl (C=O) groups is 1. The van der Waals surface area contributed by atoms with E-state index in [9.17, 15) is 13.6 Å². The number of halogens is 2. The molecule has 0 saturated heterocycles. The third-order valence-corrected chi connectivity index (χ3v) is 6.55. The number of allylic oxidation sites excluding steroid dienone is 1. The number of amidine groups is 1. The Morgan fingerprint density at radius 3 is 2.58 bits per heavy atom. The van der Waals surface area contributed by atoms with Crippen LogP contribution in [0.25, 0.3) is 0 Å². The number of ether oxygens (including phenoxy) is 1. The van der Waals surface area contributed by atoms with Crippen molar-refractivity contribution >= 4 is 11.8 Å². The molecule has 6 nitrogen and oxygen atoms in total. The molecule has 1 atom stereocenters. The molecule has 1 fully saturated rings. The van der Waals surface area contributed by atoms with Crippen molar-refractivity contribution in [3.05, 3.63) is 46.7 Å². The Hall–Kier alpha value is -2.79. The number of hydrogen-bond acceptors (Lipinski definition) is 6. The number of unbranched alkanes of at least 4 members (excludes halogenated alkanes) is 1. The van der Waals surface area contributed by atoms with Gasteiger partial charge in [-0.25, -0.2) is 18.6 Å². The monoisotopic (exact) mass is 458 g/mol. The topological polar surface area (TPSA) is 77.7 Å². The first-order valence-electron chi connectivity index (χ1n) is 11.5. The second-order valence-electron chi connectivity index (χ2n) is 8.76. The van der Waals surface area contributed by atoms with Gasteiger partial charge >= 0.3 is 5.97 Å². The van der Waals surface area contributed by atoms with E-state index in [2.05, 4.69) is 16.4 Å². The molecule has 2 aliphatic rings. The van der Waals surface area contributed by atoms with Gasteiger partial charge in [0.1, 0.15) is 5.84 Å². The van der Waals surface area contributed by atoms with Gasteiger partial charge in [0.2, 0.25) is 0 Å². The largest absolute Gasteiger partial charge is 0.466 e. The van der Waals surface area contributed by atoms with Crippen molar-refractivity contribution in [2.75, 3.05) is 20.2 Å². The Morgan fingerprint density at radius 1 is 1.21 bits per heavy atom. The number of methoxy groups -OCH3 is 1. The van der Waals surface area contributed by atoms with Gasteiger partial charge in [-0.15, -0.1) is 0 Å². The minimum Gasteiger partial charge on any atom is -0.466 e. The number of hydrogen-bond donors (Lipinski definition) is 1. The molecule has 0 radical (unpaired) electrons. The summed E-state index contributed by atoms with van der Waals surface area (Å²) < 4.78 is 32.6. The van der Waals surface area contributed by atoms with E-state index in [1.54, 1.807) is 6.92 Å². The summed E-state index contributed by atoms with van der Waals surface area (Å²) in [6.07, 6.45) is 5.72. The molecule has 3 rings (SSSR count). The second kappa shape index (κ2) is 11.4. The summed E-state index contributed by atoms with van der Waals surface area (Å²) in [6, 6.07) is 5.94. The first-order valence-corrected chi connectivity index (χ1v) is 11.5. The lowest BCUT2D eigenvalue weighted by atomic mass is 9.87. The number of nitrogens with zero attached hydrogens (tertiary/aromatic N) is 3. The highest BCUT2D eigenvalue weighted by Gasteiger charge is 2.35. The molecule has 178 valence electrons. The molecule has 1 aliphatic heterocycles. The molecular weight excluding hydrogens is 426 g/mol. The third kappa shape index (κ3) is 5.97. The van der Waals surface area contributed by atoms with Gasteiger partial charge in [0, 0.05) is 18.5 Å². The van der Waals surface area contributed by atoms with Gasteiger partial charge < -0.3 is 15.0 Å². The van der Waals surface area contributed by atoms with Crippen LogP contribution >= 0.6 is 0 Å². The second-order valence-corrected chi connectivity index (χ2v) is 8.76. The van der Waals surface area contributed by atoms with E-state index >= 15 is 0 Å². The Labute approximate surface area is 194 Å². The van der Waals surface area contributed by atoms with Crippen molar-refractivity contribution in [3.8, 4) is 6.07 Å². The first-order chi connectivity index (χ1) is 15.8. The summed E-state index contributed by atoms with van der Waals surface area (Å²) in [7, 11) is 1.30. The lowest BCUT2D eigenvalue weighted by Crippen LogP contribution is -2.40. The standard InChI is InChI=1S/C25H32F2N4O2/c1-16-23(25(32)33-3)24(19-8-11-21(26)22(27)14-19)31(17(2)30-16)13-5-4-12-29-20-9-6-18(15-28)7-10-20/h8,11,14,18,20,24,29H,4-7,9-10,12-13H2,1-3H3. The number of rotatable bonds is 8. The molecule has 1 heterocycles. The van der Waals surface area contributed by atoms with Crippen molar-refractivity contribution in [3.63, 3.8) is 0 Å². The zero-order valence-corrected chi connectivity index (χ0v) is 19.5. The zero-order chi connectivity index (χ0) is 24.0. The Balaban J connectivity index is 1.67. The van der Waals surface area contributed by atoms with Crippen LogP contribution in [0.15, 0.2) is 34.5 Å². The van der Waals surface area contributed by atoms with Crippen LogP contribution in [0.2, 0.25) is 0 Å². The number of benzene rings is 1. The molecule has 1 N–H and O–H groups in total. The minimum absolute atomic E-state index is 0.193. The molecule has 1 unspecified atom stereocenters. The summed E-state index contributed by atoms with van der Waals surface area (Å²) >= 11 is 0. The van der Waals surface area contributed by atoms with E-state index in [0.29, 0.717) is 29.4 Å². The van der Waals surface area contributed by atoms with Gasteiger partial charge in [-0.1, -0.05) is 6.07 Å². The van der Waals surface area contributed by atoms with Crippen molar-refractivity contribution in [1.82, 2.24) is 10.2 Å². The quantitative estimate of drug-likeness (QED) is 0.454. The fraction of sp³-hybridized carbons (Fsp3) is 0.560. The zero-order valence-electron chi connectivity index (χ0n) is 19.5.